The molecule has 0 radical (unpaired) electrons. The average Bonchev–Trinajstić information content (AvgIpc) is 2.84. The van der Waals surface area contributed by atoms with Gasteiger partial charge in [0.25, 0.3) is 0 Å². The fourth-order valence-electron chi connectivity index (χ4n) is 3.60. The lowest BCUT2D eigenvalue weighted by molar-refractivity contribution is -0.277. The van der Waals surface area contributed by atoms with Gasteiger partial charge in [0.15, 0.2) is 16.9 Å². The molecule has 176 valence electrons. The highest BCUT2D eigenvalue weighted by molar-refractivity contribution is 5.82. The zero-order chi connectivity index (χ0) is 23.7. The van der Waals surface area contributed by atoms with Gasteiger partial charge < -0.3 is 43.8 Å². The summed E-state index contributed by atoms with van der Waals surface area (Å²) in [4.78, 5) is 12.7. The summed E-state index contributed by atoms with van der Waals surface area (Å²) in [5.41, 5.74) is 0.537. The molecular weight excluding hydrogens is 436 g/mol. The summed E-state index contributed by atoms with van der Waals surface area (Å²) >= 11 is 0. The minimum absolute atomic E-state index is 0.0596. The van der Waals surface area contributed by atoms with Crippen molar-refractivity contribution in [3.8, 4) is 28.6 Å². The second-order valence-corrected chi connectivity index (χ2v) is 7.52. The first-order valence-corrected chi connectivity index (χ1v) is 10.1. The van der Waals surface area contributed by atoms with Crippen molar-refractivity contribution >= 4 is 11.0 Å². The topological polar surface area (TPSA) is 148 Å². The third-order valence-electron chi connectivity index (χ3n) is 5.48. The molecule has 2 aromatic carbocycles. The summed E-state index contributed by atoms with van der Waals surface area (Å²) in [5.74, 6) is 1.19. The molecule has 0 unspecified atom stereocenters. The van der Waals surface area contributed by atoms with Crippen molar-refractivity contribution in [3.63, 3.8) is 0 Å². The van der Waals surface area contributed by atoms with Crippen LogP contribution in [0.1, 0.15) is 0 Å². The van der Waals surface area contributed by atoms with Crippen LogP contribution in [0.2, 0.25) is 0 Å². The van der Waals surface area contributed by atoms with Gasteiger partial charge in [0.1, 0.15) is 41.5 Å². The standard InChI is InChI=1S/C23H24O10/c1-29-12-5-3-11(4-6-12)15-8-14(25)13-7-17(30-2)18(9-16(13)31-15)32-23-22(28)21(27)20(26)19(10-24)33-23/h3-9,19-24,26-28H,10H2,1-2H3/t19-,20-,21+,22-,23-/m1/s1. The summed E-state index contributed by atoms with van der Waals surface area (Å²) in [6.45, 7) is -0.597. The fraction of sp³-hybridized carbons (Fsp3) is 0.348. The minimum atomic E-state index is -1.61. The second-order valence-electron chi connectivity index (χ2n) is 7.52. The monoisotopic (exact) mass is 460 g/mol. The van der Waals surface area contributed by atoms with Crippen molar-refractivity contribution in [1.82, 2.24) is 0 Å². The van der Waals surface area contributed by atoms with E-state index in [1.165, 1.54) is 25.3 Å². The number of rotatable bonds is 6. The van der Waals surface area contributed by atoms with Crippen LogP contribution in [0.5, 0.6) is 17.2 Å². The molecule has 0 saturated carbocycles. The minimum Gasteiger partial charge on any atom is -0.497 e. The Morgan fingerprint density at radius 1 is 0.909 bits per heavy atom. The molecule has 0 bridgehead atoms. The molecule has 4 rings (SSSR count). The number of methoxy groups -OCH3 is 2. The van der Waals surface area contributed by atoms with Gasteiger partial charge >= 0.3 is 0 Å². The van der Waals surface area contributed by atoms with E-state index in [-0.39, 0.29) is 27.9 Å². The first kappa shape index (κ1) is 23.0. The zero-order valence-corrected chi connectivity index (χ0v) is 17.9. The van der Waals surface area contributed by atoms with Crippen molar-refractivity contribution in [1.29, 1.82) is 0 Å². The van der Waals surface area contributed by atoms with Crippen molar-refractivity contribution in [2.75, 3.05) is 20.8 Å². The first-order chi connectivity index (χ1) is 15.9. The predicted molar refractivity (Wildman–Crippen MR) is 115 cm³/mol. The Morgan fingerprint density at radius 2 is 1.64 bits per heavy atom. The quantitative estimate of drug-likeness (QED) is 0.413. The van der Waals surface area contributed by atoms with Gasteiger partial charge in [-0.1, -0.05) is 0 Å². The van der Waals surface area contributed by atoms with Gasteiger partial charge in [-0.2, -0.15) is 0 Å². The number of aliphatic hydroxyl groups excluding tert-OH is 4. The van der Waals surface area contributed by atoms with Gasteiger partial charge in [-0.3, -0.25) is 4.79 Å². The summed E-state index contributed by atoms with van der Waals surface area (Å²) in [6, 6.07) is 11.2. The molecule has 1 aliphatic rings. The average molecular weight is 460 g/mol. The van der Waals surface area contributed by atoms with Crippen molar-refractivity contribution in [2.45, 2.75) is 30.7 Å². The highest BCUT2D eigenvalue weighted by Crippen LogP contribution is 2.35. The maximum absolute atomic E-state index is 12.7. The number of hydrogen-bond acceptors (Lipinski definition) is 10. The predicted octanol–water partition coefficient (Wildman–Crippen LogP) is 0.656. The van der Waals surface area contributed by atoms with E-state index in [0.717, 1.165) is 0 Å². The van der Waals surface area contributed by atoms with E-state index in [1.807, 2.05) is 0 Å². The summed E-state index contributed by atoms with van der Waals surface area (Å²) in [7, 11) is 2.92. The lowest BCUT2D eigenvalue weighted by Gasteiger charge is -2.39. The molecule has 1 aromatic heterocycles. The number of aliphatic hydroxyl groups is 4. The molecule has 33 heavy (non-hydrogen) atoms. The smallest absolute Gasteiger partial charge is 0.229 e. The lowest BCUT2D eigenvalue weighted by atomic mass is 9.99. The fourth-order valence-corrected chi connectivity index (χ4v) is 3.60. The summed E-state index contributed by atoms with van der Waals surface area (Å²) in [6.07, 6.45) is -7.30. The van der Waals surface area contributed by atoms with Gasteiger partial charge in [-0.05, 0) is 30.3 Å². The third-order valence-corrected chi connectivity index (χ3v) is 5.48. The van der Waals surface area contributed by atoms with Gasteiger partial charge in [0.2, 0.25) is 6.29 Å². The molecule has 0 aliphatic carbocycles. The van der Waals surface area contributed by atoms with Crippen LogP contribution in [0.25, 0.3) is 22.3 Å². The Hall–Kier alpha value is -3.15. The van der Waals surface area contributed by atoms with Crippen LogP contribution in [0.15, 0.2) is 51.7 Å². The Labute approximate surface area is 188 Å². The Bertz CT molecular complexity index is 1170. The van der Waals surface area contributed by atoms with E-state index in [4.69, 9.17) is 23.4 Å². The number of hydrogen-bond donors (Lipinski definition) is 4. The first-order valence-electron chi connectivity index (χ1n) is 10.1. The van der Waals surface area contributed by atoms with E-state index in [0.29, 0.717) is 17.1 Å². The van der Waals surface area contributed by atoms with Gasteiger partial charge in [0.05, 0.1) is 26.2 Å². The largest absolute Gasteiger partial charge is 0.497 e. The summed E-state index contributed by atoms with van der Waals surface area (Å²) in [5, 5.41) is 39.9. The molecule has 5 atom stereocenters. The van der Waals surface area contributed by atoms with Crippen LogP contribution in [-0.2, 0) is 4.74 Å². The van der Waals surface area contributed by atoms with Crippen LogP contribution in [0, 0.1) is 0 Å². The molecule has 10 nitrogen and oxygen atoms in total. The van der Waals surface area contributed by atoms with Crippen molar-refractivity contribution in [3.05, 3.63) is 52.7 Å². The molecule has 0 spiro atoms. The highest BCUT2D eigenvalue weighted by Gasteiger charge is 2.45. The zero-order valence-electron chi connectivity index (χ0n) is 17.9. The Balaban J connectivity index is 1.72. The van der Waals surface area contributed by atoms with Gasteiger partial charge in [-0.25, -0.2) is 0 Å². The highest BCUT2D eigenvalue weighted by atomic mass is 16.7. The maximum atomic E-state index is 12.7. The van der Waals surface area contributed by atoms with Crippen molar-refractivity contribution < 1.29 is 43.8 Å². The normalized spacial score (nSPS) is 25.1. The van der Waals surface area contributed by atoms with E-state index < -0.39 is 37.3 Å². The SMILES string of the molecule is COc1ccc(-c2cc(=O)c3cc(OC)c(O[C@@H]4O[C@H](CO)[C@@H](O)[C@H](O)[C@H]4O)cc3o2)cc1. The number of ether oxygens (including phenoxy) is 4. The van der Waals surface area contributed by atoms with E-state index in [2.05, 4.69) is 0 Å². The van der Waals surface area contributed by atoms with Crippen LogP contribution >= 0.6 is 0 Å². The molecule has 3 aromatic rings. The maximum Gasteiger partial charge on any atom is 0.229 e. The van der Waals surface area contributed by atoms with E-state index in [9.17, 15) is 25.2 Å². The van der Waals surface area contributed by atoms with Crippen LogP contribution in [0.4, 0.5) is 0 Å². The molecule has 0 amide bonds. The molecule has 2 heterocycles. The third kappa shape index (κ3) is 4.39. The van der Waals surface area contributed by atoms with Crippen LogP contribution < -0.4 is 19.6 Å². The Kier molecular flexibility index (Phi) is 6.54. The Morgan fingerprint density at radius 3 is 2.27 bits per heavy atom. The summed E-state index contributed by atoms with van der Waals surface area (Å²) < 4.78 is 27.5. The molecule has 4 N–H and O–H groups in total. The molecule has 10 heteroatoms. The molecule has 1 fully saturated rings. The number of benzene rings is 2. The van der Waals surface area contributed by atoms with Crippen molar-refractivity contribution in [2.24, 2.45) is 0 Å². The van der Waals surface area contributed by atoms with Gasteiger partial charge in [-0.15, -0.1) is 0 Å². The second kappa shape index (κ2) is 9.38. The van der Waals surface area contributed by atoms with Crippen LogP contribution in [0.3, 0.4) is 0 Å². The molecular formula is C23H24O10. The number of fused-ring (bicyclic) bond motifs is 1. The molecule has 1 saturated heterocycles. The van der Waals surface area contributed by atoms with Gasteiger partial charge in [0, 0.05) is 17.7 Å². The van der Waals surface area contributed by atoms with Crippen LogP contribution in [-0.4, -0.2) is 72.0 Å². The lowest BCUT2D eigenvalue weighted by Crippen LogP contribution is -2.60. The van der Waals surface area contributed by atoms with E-state index >= 15 is 0 Å². The molecule has 1 aliphatic heterocycles. The van der Waals surface area contributed by atoms with E-state index in [1.54, 1.807) is 31.4 Å².